The van der Waals surface area contributed by atoms with Crippen LogP contribution < -0.4 is 5.73 Å². The summed E-state index contributed by atoms with van der Waals surface area (Å²) in [4.78, 5) is 11.5. The summed E-state index contributed by atoms with van der Waals surface area (Å²) in [6, 6.07) is 4.24. The molecule has 15 heavy (non-hydrogen) atoms. The molecule has 0 saturated heterocycles. The van der Waals surface area contributed by atoms with Gasteiger partial charge in [-0.3, -0.25) is 0 Å². The molecule has 4 heteroatoms. The van der Waals surface area contributed by atoms with Gasteiger partial charge in [0.1, 0.15) is 5.60 Å². The van der Waals surface area contributed by atoms with Crippen molar-refractivity contribution in [3.8, 4) is 0 Å². The third kappa shape index (κ3) is 9.28. The van der Waals surface area contributed by atoms with Crippen molar-refractivity contribution in [3.05, 3.63) is 22.4 Å². The van der Waals surface area contributed by atoms with E-state index in [1.165, 1.54) is 11.3 Å². The zero-order valence-corrected chi connectivity index (χ0v) is 10.6. The van der Waals surface area contributed by atoms with E-state index < -0.39 is 11.7 Å². The Kier molecular flexibility index (Phi) is 6.01. The van der Waals surface area contributed by atoms with E-state index in [4.69, 9.17) is 5.73 Å². The Balaban J connectivity index is 0.000000262. The van der Waals surface area contributed by atoms with Gasteiger partial charge in [-0.05, 0) is 38.6 Å². The Bertz CT molecular complexity index is 275. The molecule has 1 aromatic rings. The summed E-state index contributed by atoms with van der Waals surface area (Å²) in [5.74, 6) is 0. The number of hydrogen-bond acceptors (Lipinski definition) is 3. The summed E-state index contributed by atoms with van der Waals surface area (Å²) >= 11 is 1.82. The van der Waals surface area contributed by atoms with Gasteiger partial charge in [-0.15, -0.1) is 11.3 Å². The Labute approximate surface area is 95.2 Å². The van der Waals surface area contributed by atoms with Crippen molar-refractivity contribution in [1.29, 1.82) is 0 Å². The van der Waals surface area contributed by atoms with Crippen molar-refractivity contribution >= 4 is 17.4 Å². The van der Waals surface area contributed by atoms with Gasteiger partial charge in [-0.2, -0.15) is 0 Å². The summed E-state index contributed by atoms with van der Waals surface area (Å²) < 4.78 is 4.58. The Morgan fingerprint density at radius 2 is 2.13 bits per heavy atom. The molecule has 0 aliphatic carbocycles. The van der Waals surface area contributed by atoms with Gasteiger partial charge in [-0.1, -0.05) is 13.0 Å². The van der Waals surface area contributed by atoms with E-state index in [0.29, 0.717) is 0 Å². The Morgan fingerprint density at radius 1 is 1.53 bits per heavy atom. The number of hydrogen-bond donors (Lipinski definition) is 1. The zero-order valence-electron chi connectivity index (χ0n) is 9.74. The van der Waals surface area contributed by atoms with Crippen LogP contribution in [0.25, 0.3) is 0 Å². The normalized spacial score (nSPS) is 10.1. The predicted octanol–water partition coefficient (Wildman–Crippen LogP) is 3.19. The minimum Gasteiger partial charge on any atom is -0.444 e. The largest absolute Gasteiger partial charge is 0.444 e. The first-order chi connectivity index (χ1) is 6.85. The lowest BCUT2D eigenvalue weighted by atomic mass is 10.2. The second-order valence-electron chi connectivity index (χ2n) is 3.97. The highest BCUT2D eigenvalue weighted by Gasteiger charge is 2.12. The lowest BCUT2D eigenvalue weighted by molar-refractivity contribution is 0.0600. The van der Waals surface area contributed by atoms with Gasteiger partial charge in [0, 0.05) is 4.88 Å². The van der Waals surface area contributed by atoms with E-state index in [0.717, 1.165) is 0 Å². The molecule has 0 aromatic carbocycles. The molecule has 1 rings (SSSR count). The average Bonchev–Trinajstić information content (AvgIpc) is 2.51. The molecule has 1 aromatic heterocycles. The summed E-state index contributed by atoms with van der Waals surface area (Å²) in [5.41, 5.74) is 4.26. The van der Waals surface area contributed by atoms with Crippen LogP contribution in [0.2, 0.25) is 0 Å². The Hall–Kier alpha value is -1.03. The maximum Gasteiger partial charge on any atom is 0.405 e. The molecule has 1 heterocycles. The number of aryl methyl sites for hydroxylation is 1. The summed E-state index contributed by atoms with van der Waals surface area (Å²) in [7, 11) is 0. The minimum atomic E-state index is -0.725. The van der Waals surface area contributed by atoms with Gasteiger partial charge < -0.3 is 10.5 Å². The van der Waals surface area contributed by atoms with Crippen molar-refractivity contribution in [2.75, 3.05) is 0 Å². The van der Waals surface area contributed by atoms with Crippen LogP contribution in [-0.2, 0) is 11.2 Å². The first-order valence-electron chi connectivity index (χ1n) is 4.86. The summed E-state index contributed by atoms with van der Waals surface area (Å²) in [6.45, 7) is 7.46. The van der Waals surface area contributed by atoms with E-state index in [2.05, 4.69) is 29.2 Å². The van der Waals surface area contributed by atoms with Gasteiger partial charge >= 0.3 is 6.09 Å². The monoisotopic (exact) mass is 229 g/mol. The molecule has 0 saturated carbocycles. The Morgan fingerprint density at radius 3 is 2.27 bits per heavy atom. The van der Waals surface area contributed by atoms with E-state index in [9.17, 15) is 4.79 Å². The van der Waals surface area contributed by atoms with Gasteiger partial charge in [0.25, 0.3) is 0 Å². The molecule has 0 unspecified atom stereocenters. The quantitative estimate of drug-likeness (QED) is 0.804. The van der Waals surface area contributed by atoms with Crippen LogP contribution in [0.5, 0.6) is 0 Å². The van der Waals surface area contributed by atoms with E-state index >= 15 is 0 Å². The fraction of sp³-hybridized carbons (Fsp3) is 0.545. The molecule has 2 N–H and O–H groups in total. The lowest BCUT2D eigenvalue weighted by Gasteiger charge is -2.16. The van der Waals surface area contributed by atoms with Crippen molar-refractivity contribution in [2.24, 2.45) is 5.73 Å². The van der Waals surface area contributed by atoms with E-state index in [-0.39, 0.29) is 0 Å². The predicted molar refractivity (Wildman–Crippen MR) is 64.1 cm³/mol. The van der Waals surface area contributed by atoms with Crippen molar-refractivity contribution < 1.29 is 9.53 Å². The van der Waals surface area contributed by atoms with Crippen LogP contribution >= 0.6 is 11.3 Å². The number of rotatable bonds is 1. The molecule has 0 bridgehead atoms. The molecular weight excluding hydrogens is 210 g/mol. The topological polar surface area (TPSA) is 52.3 Å². The molecule has 86 valence electrons. The standard InChI is InChI=1S/C6H8S.C5H11NO2/c1-2-6-4-3-5-7-6;1-5(2,3)8-4(6)7/h3-5H,2H2,1H3;1-3H3,(H2,6,7). The number of ether oxygens (including phenoxy) is 1. The van der Waals surface area contributed by atoms with Crippen molar-refractivity contribution in [1.82, 2.24) is 0 Å². The smallest absolute Gasteiger partial charge is 0.405 e. The van der Waals surface area contributed by atoms with Gasteiger partial charge in [0.2, 0.25) is 0 Å². The maximum atomic E-state index is 10.0. The van der Waals surface area contributed by atoms with Crippen LogP contribution in [-0.4, -0.2) is 11.7 Å². The van der Waals surface area contributed by atoms with E-state index in [1.807, 2.05) is 11.3 Å². The first kappa shape index (κ1) is 14.0. The lowest BCUT2D eigenvalue weighted by Crippen LogP contribution is -2.27. The summed E-state index contributed by atoms with van der Waals surface area (Å²) in [6.07, 6.45) is 0.454. The van der Waals surface area contributed by atoms with Crippen LogP contribution in [0.3, 0.4) is 0 Å². The molecule has 0 atom stereocenters. The molecule has 0 radical (unpaired) electrons. The van der Waals surface area contributed by atoms with Crippen LogP contribution in [0.15, 0.2) is 17.5 Å². The van der Waals surface area contributed by atoms with Crippen molar-refractivity contribution in [2.45, 2.75) is 39.7 Å². The second-order valence-corrected chi connectivity index (χ2v) is 5.00. The molecule has 1 amide bonds. The third-order valence-corrected chi connectivity index (χ3v) is 2.36. The fourth-order valence-electron chi connectivity index (χ4n) is 0.816. The van der Waals surface area contributed by atoms with Crippen LogP contribution in [0.1, 0.15) is 32.6 Å². The van der Waals surface area contributed by atoms with Gasteiger partial charge in [0.15, 0.2) is 0 Å². The van der Waals surface area contributed by atoms with Gasteiger partial charge in [-0.25, -0.2) is 4.79 Å². The first-order valence-corrected chi connectivity index (χ1v) is 5.74. The maximum absolute atomic E-state index is 10.0. The highest BCUT2D eigenvalue weighted by atomic mass is 32.1. The SMILES string of the molecule is CC(C)(C)OC(N)=O.CCc1cccs1. The van der Waals surface area contributed by atoms with E-state index in [1.54, 1.807) is 20.8 Å². The molecule has 0 spiro atoms. The molecule has 0 aliphatic heterocycles. The number of thiophene rings is 1. The number of primary amides is 1. The molecule has 3 nitrogen and oxygen atoms in total. The fourth-order valence-corrected chi connectivity index (χ4v) is 1.47. The number of carbonyl (C=O) groups is 1. The molecule has 0 fully saturated rings. The summed E-state index contributed by atoms with van der Waals surface area (Å²) in [5, 5.41) is 2.11. The average molecular weight is 229 g/mol. The van der Waals surface area contributed by atoms with Gasteiger partial charge in [0.05, 0.1) is 0 Å². The molecule has 0 aliphatic rings. The highest BCUT2D eigenvalue weighted by Crippen LogP contribution is 2.07. The number of nitrogens with two attached hydrogens (primary N) is 1. The number of carbonyl (C=O) groups excluding carboxylic acids is 1. The second kappa shape index (κ2) is 6.45. The van der Waals surface area contributed by atoms with Crippen LogP contribution in [0.4, 0.5) is 4.79 Å². The molecular formula is C11H19NO2S. The number of amides is 1. The van der Waals surface area contributed by atoms with Crippen LogP contribution in [0, 0.1) is 0 Å². The highest BCUT2D eigenvalue weighted by molar-refractivity contribution is 7.09. The third-order valence-electron chi connectivity index (χ3n) is 1.34. The van der Waals surface area contributed by atoms with Crippen molar-refractivity contribution in [3.63, 3.8) is 0 Å². The minimum absolute atomic E-state index is 0.453. The zero-order chi connectivity index (χ0) is 11.9.